The molecule has 2 aromatic heterocycles. The van der Waals surface area contributed by atoms with Crippen LogP contribution in [0.2, 0.25) is 10.0 Å². The molecule has 1 fully saturated rings. The summed E-state index contributed by atoms with van der Waals surface area (Å²) in [5, 5.41) is 9.16. The molecule has 0 radical (unpaired) electrons. The van der Waals surface area contributed by atoms with Gasteiger partial charge in [-0.2, -0.15) is 10.2 Å². The number of benzene rings is 4. The summed E-state index contributed by atoms with van der Waals surface area (Å²) in [7, 11) is -3.87. The first kappa shape index (κ1) is 49.2. The summed E-state index contributed by atoms with van der Waals surface area (Å²) in [6.07, 6.45) is 3.48. The van der Waals surface area contributed by atoms with Crippen LogP contribution in [0.15, 0.2) is 124 Å². The second-order valence-corrected chi connectivity index (χ2v) is 21.0. The van der Waals surface area contributed by atoms with Crippen molar-refractivity contribution in [1.29, 1.82) is 0 Å². The van der Waals surface area contributed by atoms with E-state index in [4.69, 9.17) is 32.5 Å². The van der Waals surface area contributed by atoms with E-state index in [1.807, 2.05) is 109 Å². The average Bonchev–Trinajstić information content (AvgIpc) is 3.89. The van der Waals surface area contributed by atoms with Crippen molar-refractivity contribution < 1.29 is 26.1 Å². The maximum atomic E-state index is 12.8. The second kappa shape index (κ2) is 19.9. The fourth-order valence-corrected chi connectivity index (χ4v) is 10.3. The minimum absolute atomic E-state index is 0.194. The first-order chi connectivity index (χ1) is 28.9. The number of aromatic nitrogens is 4. The van der Waals surface area contributed by atoms with Gasteiger partial charge in [0.1, 0.15) is 0 Å². The number of nitrogens with one attached hydrogen (secondary N) is 2. The predicted octanol–water partition coefficient (Wildman–Crippen LogP) is 9.26. The van der Waals surface area contributed by atoms with Gasteiger partial charge in [0.25, 0.3) is 0 Å². The standard InChI is InChI=1S/C19H20ClN3O2S.C15H15BrClNO2S.C10H17BN2O2/c1-13-17(20)8-5-9-19(13)26(24,25)22-14(2)15-6-4-7-16(12-15)18-10-11-21-23(18)3;1-10-14(17)7-4-8-15(10)21(19,20)18-11(2)12-5-3-6-13(16)9-12;1-9(2)10(3,4)15-11(14-9)8-6-7-12-13(8)5/h4-12,14,22H,1-3H3;3-9,11,18H,1-2H3;6-7H,1-5H3/t14-;11-;/m00./s1. The molecule has 0 aliphatic carbocycles. The number of halogens is 3. The van der Waals surface area contributed by atoms with E-state index in [0.29, 0.717) is 21.2 Å². The van der Waals surface area contributed by atoms with Crippen molar-refractivity contribution >= 4 is 71.9 Å². The minimum atomic E-state index is -3.69. The van der Waals surface area contributed by atoms with Crippen LogP contribution in [0.1, 0.15) is 75.9 Å². The summed E-state index contributed by atoms with van der Waals surface area (Å²) >= 11 is 15.4. The summed E-state index contributed by atoms with van der Waals surface area (Å²) in [5.74, 6) is 0. The van der Waals surface area contributed by atoms with Gasteiger partial charge in [-0.3, -0.25) is 9.36 Å². The van der Waals surface area contributed by atoms with Crippen molar-refractivity contribution in [3.05, 3.63) is 146 Å². The van der Waals surface area contributed by atoms with E-state index >= 15 is 0 Å². The number of rotatable bonds is 10. The van der Waals surface area contributed by atoms with Crippen molar-refractivity contribution in [2.45, 2.75) is 88.5 Å². The highest BCUT2D eigenvalue weighted by Gasteiger charge is 2.52. The Bertz CT molecular complexity index is 2730. The van der Waals surface area contributed by atoms with E-state index in [0.717, 1.165) is 32.5 Å². The molecule has 4 aromatic carbocycles. The molecule has 1 aliphatic heterocycles. The number of sulfonamides is 2. The van der Waals surface area contributed by atoms with Gasteiger partial charge in [-0.15, -0.1) is 0 Å². The first-order valence-electron chi connectivity index (χ1n) is 19.7. The Hall–Kier alpha value is -3.84. The van der Waals surface area contributed by atoms with Crippen LogP contribution in [0.5, 0.6) is 0 Å². The van der Waals surface area contributed by atoms with Crippen LogP contribution < -0.4 is 15.0 Å². The van der Waals surface area contributed by atoms with Crippen LogP contribution in [-0.2, 0) is 43.5 Å². The van der Waals surface area contributed by atoms with Gasteiger partial charge in [-0.25, -0.2) is 26.3 Å². The zero-order valence-electron chi connectivity index (χ0n) is 36.3. The second-order valence-electron chi connectivity index (χ2n) is 15.9. The number of hydrogen-bond acceptors (Lipinski definition) is 8. The van der Waals surface area contributed by atoms with Crippen molar-refractivity contribution in [1.82, 2.24) is 29.0 Å². The lowest BCUT2D eigenvalue weighted by Crippen LogP contribution is -2.41. The average molecular weight is 987 g/mol. The molecule has 1 aliphatic rings. The maximum absolute atomic E-state index is 12.8. The molecule has 0 unspecified atom stereocenters. The number of hydrogen-bond donors (Lipinski definition) is 2. The zero-order valence-corrected chi connectivity index (χ0v) is 41.0. The maximum Gasteiger partial charge on any atom is 0.514 e. The SMILES string of the molecule is Cc1c(Cl)cccc1S(=O)(=O)N[C@@H](C)c1cccc(-c2ccnn2C)c1.Cc1c(Cl)cccc1S(=O)(=O)N[C@@H](C)c1cccc(Br)c1.Cn1nccc1B1OC(C)(C)C(C)(C)O1. The number of aryl methyl sites for hydroxylation is 2. The van der Waals surface area contributed by atoms with E-state index in [-0.39, 0.29) is 34.2 Å². The highest BCUT2D eigenvalue weighted by Crippen LogP contribution is 2.36. The van der Waals surface area contributed by atoms with E-state index in [2.05, 4.69) is 35.6 Å². The Morgan fingerprint density at radius 1 is 0.661 bits per heavy atom. The summed E-state index contributed by atoms with van der Waals surface area (Å²) in [5.41, 5.74) is 5.16. The topological polar surface area (TPSA) is 146 Å². The summed E-state index contributed by atoms with van der Waals surface area (Å²) in [4.78, 5) is 0.400. The van der Waals surface area contributed by atoms with Crippen molar-refractivity contribution in [2.75, 3.05) is 0 Å². The Labute approximate surface area is 384 Å². The minimum Gasteiger partial charge on any atom is -0.398 e. The third-order valence-electron chi connectivity index (χ3n) is 10.9. The summed E-state index contributed by atoms with van der Waals surface area (Å²) < 4.78 is 72.2. The highest BCUT2D eigenvalue weighted by molar-refractivity contribution is 9.10. The Balaban J connectivity index is 0.000000182. The van der Waals surface area contributed by atoms with Crippen LogP contribution in [0.25, 0.3) is 11.3 Å². The fourth-order valence-electron chi connectivity index (χ4n) is 6.47. The molecule has 330 valence electrons. The predicted molar refractivity (Wildman–Crippen MR) is 252 cm³/mol. The van der Waals surface area contributed by atoms with Gasteiger partial charge in [0.2, 0.25) is 20.0 Å². The van der Waals surface area contributed by atoms with Gasteiger partial charge in [0.15, 0.2) is 0 Å². The van der Waals surface area contributed by atoms with Crippen LogP contribution in [0.3, 0.4) is 0 Å². The van der Waals surface area contributed by atoms with Gasteiger partial charge in [0.05, 0.1) is 32.3 Å². The molecule has 7 rings (SSSR count). The smallest absolute Gasteiger partial charge is 0.398 e. The Morgan fingerprint density at radius 2 is 1.11 bits per heavy atom. The third-order valence-corrected chi connectivity index (χ3v) is 15.6. The molecule has 18 heteroatoms. The molecule has 2 atom stereocenters. The summed E-state index contributed by atoms with van der Waals surface area (Å²) in [6.45, 7) is 15.2. The number of nitrogens with zero attached hydrogens (tertiary/aromatic N) is 4. The molecule has 12 nitrogen and oxygen atoms in total. The van der Waals surface area contributed by atoms with Crippen molar-refractivity contribution in [3.63, 3.8) is 0 Å². The lowest BCUT2D eigenvalue weighted by atomic mass is 9.85. The fraction of sp³-hybridized carbons (Fsp3) is 0.318. The molecule has 2 N–H and O–H groups in total. The van der Waals surface area contributed by atoms with E-state index < -0.39 is 26.1 Å². The Morgan fingerprint density at radius 3 is 1.56 bits per heavy atom. The zero-order chi connectivity index (χ0) is 45.8. The van der Waals surface area contributed by atoms with Crippen LogP contribution in [0.4, 0.5) is 0 Å². The molecular formula is C44H52BBrCl2N6O6S2. The van der Waals surface area contributed by atoms with Crippen LogP contribution >= 0.6 is 39.1 Å². The van der Waals surface area contributed by atoms with Gasteiger partial charge >= 0.3 is 7.12 Å². The van der Waals surface area contributed by atoms with Gasteiger partial charge in [-0.05, 0) is 132 Å². The molecular weight excluding hydrogens is 934 g/mol. The van der Waals surface area contributed by atoms with Gasteiger partial charge in [0, 0.05) is 58.7 Å². The lowest BCUT2D eigenvalue weighted by Gasteiger charge is -2.32. The lowest BCUT2D eigenvalue weighted by molar-refractivity contribution is 0.00578. The molecule has 0 bridgehead atoms. The van der Waals surface area contributed by atoms with E-state index in [1.165, 1.54) is 0 Å². The van der Waals surface area contributed by atoms with Crippen molar-refractivity contribution in [3.8, 4) is 11.3 Å². The van der Waals surface area contributed by atoms with E-state index in [9.17, 15) is 16.8 Å². The van der Waals surface area contributed by atoms with Gasteiger partial charge < -0.3 is 9.31 Å². The summed E-state index contributed by atoms with van der Waals surface area (Å²) in [6, 6.07) is 28.1. The van der Waals surface area contributed by atoms with Gasteiger partial charge in [-0.1, -0.05) is 81.6 Å². The molecule has 1 saturated heterocycles. The largest absolute Gasteiger partial charge is 0.514 e. The molecule has 0 saturated carbocycles. The molecule has 6 aromatic rings. The molecule has 0 spiro atoms. The monoisotopic (exact) mass is 984 g/mol. The van der Waals surface area contributed by atoms with Crippen LogP contribution in [0, 0.1) is 13.8 Å². The molecule has 62 heavy (non-hydrogen) atoms. The first-order valence-corrected chi connectivity index (χ1v) is 24.2. The quantitative estimate of drug-likeness (QED) is 0.129. The van der Waals surface area contributed by atoms with E-state index in [1.54, 1.807) is 78.9 Å². The molecule has 3 heterocycles. The van der Waals surface area contributed by atoms with Crippen molar-refractivity contribution in [2.24, 2.45) is 14.1 Å². The molecule has 0 amide bonds. The highest BCUT2D eigenvalue weighted by atomic mass is 79.9. The Kier molecular flexibility index (Phi) is 15.8. The normalized spacial score (nSPS) is 15.5. The van der Waals surface area contributed by atoms with Crippen LogP contribution in [-0.4, -0.2) is 54.7 Å². The third kappa shape index (κ3) is 11.6.